The SMILES string of the molecule is Cn1c(C2=CC(c3cc(C(=O)O)cc(C4=CC(C(=O)O)=CCN4)n3)NC=C2)ccc1N(c1ccccc1)c1ccccc1. The van der Waals surface area contributed by atoms with Gasteiger partial charge in [-0.3, -0.25) is 4.90 Å². The highest BCUT2D eigenvalue weighted by molar-refractivity contribution is 5.94. The Morgan fingerprint density at radius 1 is 0.930 bits per heavy atom. The lowest BCUT2D eigenvalue weighted by molar-refractivity contribution is -0.132. The van der Waals surface area contributed by atoms with Gasteiger partial charge in [-0.2, -0.15) is 0 Å². The Kier molecular flexibility index (Phi) is 7.36. The van der Waals surface area contributed by atoms with Gasteiger partial charge in [0.15, 0.2) is 0 Å². The second-order valence-electron chi connectivity index (χ2n) is 10.1. The molecule has 0 bridgehead atoms. The first-order chi connectivity index (χ1) is 20.9. The second kappa shape index (κ2) is 11.6. The van der Waals surface area contributed by atoms with Gasteiger partial charge >= 0.3 is 11.9 Å². The van der Waals surface area contributed by atoms with Crippen LogP contribution in [0.15, 0.2) is 121 Å². The van der Waals surface area contributed by atoms with Crippen LogP contribution in [0.3, 0.4) is 0 Å². The van der Waals surface area contributed by atoms with Crippen LogP contribution in [0, 0.1) is 0 Å². The number of nitrogens with one attached hydrogen (secondary N) is 2. The number of carboxylic acids is 2. The molecule has 43 heavy (non-hydrogen) atoms. The number of hydrogen-bond acceptors (Lipinski definition) is 6. The largest absolute Gasteiger partial charge is 0.478 e. The van der Waals surface area contributed by atoms with Gasteiger partial charge in [0.05, 0.1) is 34.3 Å². The number of carboxylic acid groups (broad SMARTS) is 2. The fourth-order valence-corrected chi connectivity index (χ4v) is 5.27. The zero-order chi connectivity index (χ0) is 29.9. The summed E-state index contributed by atoms with van der Waals surface area (Å²) in [4.78, 5) is 30.5. The molecule has 1 unspecified atom stereocenters. The minimum Gasteiger partial charge on any atom is -0.478 e. The quantitative estimate of drug-likeness (QED) is 0.210. The Labute approximate surface area is 248 Å². The number of pyridine rings is 1. The summed E-state index contributed by atoms with van der Waals surface area (Å²) in [6, 6.07) is 27.1. The molecule has 2 aromatic carbocycles. The number of hydrogen-bond donors (Lipinski definition) is 4. The van der Waals surface area contributed by atoms with Crippen molar-refractivity contribution in [3.63, 3.8) is 0 Å². The normalized spacial score (nSPS) is 15.8. The molecule has 0 saturated carbocycles. The number of dihydropyridines is 2. The van der Waals surface area contributed by atoms with Crippen LogP contribution in [0.25, 0.3) is 11.3 Å². The summed E-state index contributed by atoms with van der Waals surface area (Å²) in [5.74, 6) is -1.18. The highest BCUT2D eigenvalue weighted by atomic mass is 16.4. The Balaban J connectivity index is 1.38. The van der Waals surface area contributed by atoms with Gasteiger partial charge in [-0.15, -0.1) is 0 Å². The van der Waals surface area contributed by atoms with Crippen LogP contribution in [0.4, 0.5) is 17.2 Å². The molecule has 214 valence electrons. The van der Waals surface area contributed by atoms with Gasteiger partial charge in [0.1, 0.15) is 5.82 Å². The lowest BCUT2D eigenvalue weighted by Gasteiger charge is -2.26. The fraction of sp³-hybridized carbons (Fsp3) is 0.0882. The number of benzene rings is 2. The molecular formula is C34H29N5O4. The molecule has 4 N–H and O–H groups in total. The van der Waals surface area contributed by atoms with Crippen molar-refractivity contribution in [2.45, 2.75) is 6.04 Å². The van der Waals surface area contributed by atoms with E-state index >= 15 is 0 Å². The first-order valence-corrected chi connectivity index (χ1v) is 13.7. The summed E-state index contributed by atoms with van der Waals surface area (Å²) in [7, 11) is 2.02. The topological polar surface area (TPSA) is 120 Å². The van der Waals surface area contributed by atoms with E-state index in [9.17, 15) is 19.8 Å². The van der Waals surface area contributed by atoms with Crippen LogP contribution in [-0.2, 0) is 11.8 Å². The molecule has 1 atom stereocenters. The van der Waals surface area contributed by atoms with Gasteiger partial charge in [0, 0.05) is 30.7 Å². The summed E-state index contributed by atoms with van der Waals surface area (Å²) in [6.45, 7) is 0.301. The standard InChI is InChI=1S/C34H29N5O4/c1-38-31(12-13-32(38)39(25-8-4-2-5-9-25)26-10-6-3-7-11-26)22-14-16-35-27(18-22)29-20-24(34(42)43)21-30(37-29)28-19-23(33(40)41)15-17-36-28/h2-16,18-21,27,35-36H,17H2,1H3,(H,40,41)(H,42,43). The Morgan fingerprint density at radius 3 is 2.28 bits per heavy atom. The van der Waals surface area contributed by atoms with Gasteiger partial charge in [-0.25, -0.2) is 14.6 Å². The maximum absolute atomic E-state index is 12.0. The molecule has 2 aliphatic heterocycles. The van der Waals surface area contributed by atoms with Crippen molar-refractivity contribution in [1.29, 1.82) is 0 Å². The van der Waals surface area contributed by atoms with Gasteiger partial charge in [0.25, 0.3) is 0 Å². The third kappa shape index (κ3) is 5.56. The van der Waals surface area contributed by atoms with Crippen LogP contribution < -0.4 is 15.5 Å². The van der Waals surface area contributed by atoms with Crippen LogP contribution in [-0.4, -0.2) is 38.2 Å². The van der Waals surface area contributed by atoms with Crippen molar-refractivity contribution in [1.82, 2.24) is 20.2 Å². The number of aliphatic carboxylic acids is 1. The molecule has 9 heteroatoms. The number of aromatic nitrogens is 2. The second-order valence-corrected chi connectivity index (χ2v) is 10.1. The van der Waals surface area contributed by atoms with E-state index in [4.69, 9.17) is 4.98 Å². The number of carbonyl (C=O) groups is 2. The third-order valence-electron chi connectivity index (χ3n) is 7.38. The Morgan fingerprint density at radius 2 is 1.63 bits per heavy atom. The van der Waals surface area contributed by atoms with Crippen LogP contribution in [0.1, 0.15) is 33.5 Å². The maximum atomic E-state index is 12.0. The fourth-order valence-electron chi connectivity index (χ4n) is 5.27. The minimum atomic E-state index is -1.10. The zero-order valence-electron chi connectivity index (χ0n) is 23.3. The molecule has 0 saturated heterocycles. The predicted octanol–water partition coefficient (Wildman–Crippen LogP) is 5.78. The van der Waals surface area contributed by atoms with Crippen LogP contribution in [0.2, 0.25) is 0 Å². The summed E-state index contributed by atoms with van der Waals surface area (Å²) in [6.07, 6.45) is 8.84. The summed E-state index contributed by atoms with van der Waals surface area (Å²) >= 11 is 0. The first kappa shape index (κ1) is 27.3. The number of aromatic carboxylic acids is 1. The van der Waals surface area contributed by atoms with Crippen molar-refractivity contribution in [2.75, 3.05) is 11.4 Å². The van der Waals surface area contributed by atoms with Crippen molar-refractivity contribution in [2.24, 2.45) is 7.05 Å². The molecule has 9 nitrogen and oxygen atoms in total. The van der Waals surface area contributed by atoms with Crippen LogP contribution in [0.5, 0.6) is 0 Å². The van der Waals surface area contributed by atoms with E-state index in [0.29, 0.717) is 23.6 Å². The molecule has 0 fully saturated rings. The van der Waals surface area contributed by atoms with E-state index in [0.717, 1.165) is 28.5 Å². The van der Waals surface area contributed by atoms with Gasteiger partial charge in [-0.05, 0) is 78.5 Å². The molecule has 4 heterocycles. The summed E-state index contributed by atoms with van der Waals surface area (Å²) < 4.78 is 2.13. The lowest BCUT2D eigenvalue weighted by atomic mass is 10.0. The first-order valence-electron chi connectivity index (χ1n) is 13.7. The zero-order valence-corrected chi connectivity index (χ0v) is 23.3. The Hall–Kier alpha value is -5.83. The number of rotatable bonds is 8. The number of anilines is 3. The van der Waals surface area contributed by atoms with Crippen molar-refractivity contribution < 1.29 is 19.8 Å². The molecular weight excluding hydrogens is 542 g/mol. The average molecular weight is 572 g/mol. The van der Waals surface area contributed by atoms with E-state index in [2.05, 4.69) is 56.5 Å². The summed E-state index contributed by atoms with van der Waals surface area (Å²) in [5.41, 5.74) is 5.46. The smallest absolute Gasteiger partial charge is 0.335 e. The highest BCUT2D eigenvalue weighted by Crippen LogP contribution is 2.37. The third-order valence-corrected chi connectivity index (χ3v) is 7.38. The average Bonchev–Trinajstić information content (AvgIpc) is 3.42. The minimum absolute atomic E-state index is 0.0583. The van der Waals surface area contributed by atoms with E-state index < -0.39 is 18.0 Å². The maximum Gasteiger partial charge on any atom is 0.335 e. The van der Waals surface area contributed by atoms with Crippen molar-refractivity contribution in [3.8, 4) is 0 Å². The van der Waals surface area contributed by atoms with Gasteiger partial charge in [-0.1, -0.05) is 42.5 Å². The number of para-hydroxylation sites is 2. The van der Waals surface area contributed by atoms with Crippen LogP contribution >= 0.6 is 0 Å². The lowest BCUT2D eigenvalue weighted by Crippen LogP contribution is -2.22. The molecule has 0 radical (unpaired) electrons. The molecule has 0 spiro atoms. The molecule has 6 rings (SSSR count). The highest BCUT2D eigenvalue weighted by Gasteiger charge is 2.22. The summed E-state index contributed by atoms with van der Waals surface area (Å²) in [5, 5.41) is 25.7. The van der Waals surface area contributed by atoms with E-state index in [1.54, 1.807) is 6.08 Å². The number of allylic oxidation sites excluding steroid dienone is 2. The van der Waals surface area contributed by atoms with Gasteiger partial charge < -0.3 is 25.4 Å². The molecule has 2 aliphatic rings. The van der Waals surface area contributed by atoms with Crippen molar-refractivity contribution >= 4 is 40.4 Å². The molecule has 2 aromatic heterocycles. The van der Waals surface area contributed by atoms with E-state index in [1.165, 1.54) is 18.2 Å². The van der Waals surface area contributed by atoms with E-state index in [-0.39, 0.29) is 11.1 Å². The number of nitrogens with zero attached hydrogens (tertiary/aromatic N) is 3. The van der Waals surface area contributed by atoms with E-state index in [1.807, 2.05) is 61.8 Å². The Bertz CT molecular complexity index is 1780. The molecule has 0 aliphatic carbocycles. The molecule has 4 aromatic rings. The van der Waals surface area contributed by atoms with Crippen molar-refractivity contribution in [3.05, 3.63) is 144 Å². The monoisotopic (exact) mass is 571 g/mol. The molecule has 0 amide bonds. The predicted molar refractivity (Wildman–Crippen MR) is 166 cm³/mol. The van der Waals surface area contributed by atoms with Gasteiger partial charge in [0.2, 0.25) is 0 Å².